The van der Waals surface area contributed by atoms with Gasteiger partial charge in [-0.05, 0) is 38.1 Å². The molecule has 1 aromatic carbocycles. The molecule has 1 aromatic heterocycles. The van der Waals surface area contributed by atoms with Crippen LogP contribution in [0.5, 0.6) is 0 Å². The van der Waals surface area contributed by atoms with Gasteiger partial charge in [-0.25, -0.2) is 8.78 Å². The lowest BCUT2D eigenvalue weighted by molar-refractivity contribution is 0.101. The number of anilines is 1. The average Bonchev–Trinajstić information content (AvgIpc) is 2.31. The number of rotatable bonds is 2. The van der Waals surface area contributed by atoms with Gasteiger partial charge in [-0.3, -0.25) is 9.78 Å². The second kappa shape index (κ2) is 5.66. The summed E-state index contributed by atoms with van der Waals surface area (Å²) in [5.41, 5.74) is 1.17. The molecule has 6 heteroatoms. The van der Waals surface area contributed by atoms with Gasteiger partial charge < -0.3 is 5.32 Å². The van der Waals surface area contributed by atoms with Crippen molar-refractivity contribution in [1.82, 2.24) is 4.98 Å². The molecule has 2 rings (SSSR count). The van der Waals surface area contributed by atoms with Crippen molar-refractivity contribution in [2.75, 3.05) is 5.32 Å². The smallest absolute Gasteiger partial charge is 0.261 e. The number of hydrogen-bond donors (Lipinski definition) is 1. The molecule has 0 saturated carbocycles. The second-order valence-corrected chi connectivity index (χ2v) is 5.20. The van der Waals surface area contributed by atoms with Gasteiger partial charge in [0.05, 0.1) is 11.4 Å². The van der Waals surface area contributed by atoms with Crippen LogP contribution in [0.3, 0.4) is 0 Å². The maximum absolute atomic E-state index is 13.7. The Morgan fingerprint density at radius 2 is 1.80 bits per heavy atom. The molecule has 0 aliphatic heterocycles. The Morgan fingerprint density at radius 3 is 2.35 bits per heavy atom. The second-order valence-electron chi connectivity index (χ2n) is 4.28. The first-order chi connectivity index (χ1) is 9.38. The lowest BCUT2D eigenvalue weighted by Crippen LogP contribution is -2.17. The minimum absolute atomic E-state index is 0.234. The van der Waals surface area contributed by atoms with E-state index in [4.69, 9.17) is 0 Å². The number of carbonyl (C=O) groups is 1. The lowest BCUT2D eigenvalue weighted by atomic mass is 10.1. The highest BCUT2D eigenvalue weighted by Gasteiger charge is 2.19. The Morgan fingerprint density at radius 1 is 1.20 bits per heavy atom. The van der Waals surface area contributed by atoms with Crippen molar-refractivity contribution in [1.29, 1.82) is 0 Å². The average molecular weight is 341 g/mol. The molecule has 1 amide bonds. The fraction of sp³-hybridized carbons (Fsp3) is 0.143. The largest absolute Gasteiger partial charge is 0.320 e. The van der Waals surface area contributed by atoms with Crippen molar-refractivity contribution in [2.45, 2.75) is 13.8 Å². The predicted octanol–water partition coefficient (Wildman–Crippen LogP) is 3.99. The molecular formula is C14H11BrF2N2O. The number of amides is 1. The fourth-order valence-electron chi connectivity index (χ4n) is 1.76. The molecule has 0 aliphatic carbocycles. The molecule has 1 heterocycles. The molecule has 0 saturated heterocycles. The van der Waals surface area contributed by atoms with Crippen LogP contribution >= 0.6 is 15.9 Å². The van der Waals surface area contributed by atoms with Gasteiger partial charge in [0.2, 0.25) is 0 Å². The van der Waals surface area contributed by atoms with Gasteiger partial charge in [0.1, 0.15) is 17.2 Å². The van der Waals surface area contributed by atoms with E-state index in [1.54, 1.807) is 19.1 Å². The number of benzene rings is 1. The van der Waals surface area contributed by atoms with Crippen molar-refractivity contribution in [2.24, 2.45) is 0 Å². The van der Waals surface area contributed by atoms with Crippen LogP contribution in [0, 0.1) is 25.5 Å². The number of aryl methyl sites for hydroxylation is 2. The van der Waals surface area contributed by atoms with Crippen LogP contribution in [0.2, 0.25) is 0 Å². The van der Waals surface area contributed by atoms with Crippen LogP contribution in [0.25, 0.3) is 0 Å². The zero-order valence-corrected chi connectivity index (χ0v) is 12.4. The van der Waals surface area contributed by atoms with E-state index in [0.29, 0.717) is 11.4 Å². The van der Waals surface area contributed by atoms with Crippen molar-refractivity contribution < 1.29 is 13.6 Å². The van der Waals surface area contributed by atoms with Gasteiger partial charge in [-0.1, -0.05) is 15.9 Å². The van der Waals surface area contributed by atoms with Gasteiger partial charge >= 0.3 is 0 Å². The summed E-state index contributed by atoms with van der Waals surface area (Å²) < 4.78 is 27.6. The summed E-state index contributed by atoms with van der Waals surface area (Å²) in [6.45, 7) is 3.52. The predicted molar refractivity (Wildman–Crippen MR) is 75.7 cm³/mol. The van der Waals surface area contributed by atoms with Crippen molar-refractivity contribution >= 4 is 27.5 Å². The first-order valence-electron chi connectivity index (χ1n) is 5.78. The highest BCUT2D eigenvalue weighted by molar-refractivity contribution is 9.10. The molecule has 0 radical (unpaired) electrons. The number of halogens is 3. The number of nitrogens with zero attached hydrogens (tertiary/aromatic N) is 1. The maximum Gasteiger partial charge on any atom is 0.261 e. The Balaban J connectivity index is 2.33. The first kappa shape index (κ1) is 14.6. The summed E-state index contributed by atoms with van der Waals surface area (Å²) in [5.74, 6) is -2.69. The van der Waals surface area contributed by atoms with Crippen molar-refractivity contribution in [3.05, 3.63) is 57.3 Å². The summed E-state index contributed by atoms with van der Waals surface area (Å²) in [5, 5.41) is 2.46. The Kier molecular flexibility index (Phi) is 4.13. The van der Waals surface area contributed by atoms with E-state index in [0.717, 1.165) is 17.8 Å². The summed E-state index contributed by atoms with van der Waals surface area (Å²) >= 11 is 2.96. The monoisotopic (exact) mass is 340 g/mol. The molecule has 104 valence electrons. The number of hydrogen-bond acceptors (Lipinski definition) is 2. The Labute approximate surface area is 123 Å². The van der Waals surface area contributed by atoms with Crippen molar-refractivity contribution in [3.63, 3.8) is 0 Å². The van der Waals surface area contributed by atoms with E-state index in [9.17, 15) is 13.6 Å². The van der Waals surface area contributed by atoms with Gasteiger partial charge in [-0.15, -0.1) is 0 Å². The van der Waals surface area contributed by atoms with E-state index in [1.807, 2.05) is 6.92 Å². The van der Waals surface area contributed by atoms with E-state index in [2.05, 4.69) is 26.2 Å². The molecule has 0 atom stereocenters. The van der Waals surface area contributed by atoms with E-state index in [1.165, 1.54) is 0 Å². The molecule has 0 spiro atoms. The summed E-state index contributed by atoms with van der Waals surface area (Å²) in [7, 11) is 0. The number of carbonyl (C=O) groups excluding carboxylic acids is 1. The first-order valence-corrected chi connectivity index (χ1v) is 6.58. The molecular weight excluding hydrogens is 330 g/mol. The Bertz CT molecular complexity index is 666. The van der Waals surface area contributed by atoms with E-state index < -0.39 is 23.1 Å². The molecule has 0 fully saturated rings. The fourth-order valence-corrected chi connectivity index (χ4v) is 2.16. The molecule has 0 unspecified atom stereocenters. The number of aromatic nitrogens is 1. The normalized spacial score (nSPS) is 10.4. The third kappa shape index (κ3) is 3.01. The highest BCUT2D eigenvalue weighted by Crippen LogP contribution is 2.21. The Hall–Kier alpha value is -1.82. The van der Waals surface area contributed by atoms with E-state index >= 15 is 0 Å². The summed E-state index contributed by atoms with van der Waals surface area (Å²) in [4.78, 5) is 16.1. The standard InChI is InChI=1S/C14H11BrF2N2O/c1-7-3-4-12(8(2)18-7)19-14(20)13-10(16)5-9(15)6-11(13)17/h3-6H,1-2H3,(H,19,20). The van der Waals surface area contributed by atoms with Crippen LogP contribution in [0.1, 0.15) is 21.7 Å². The molecule has 3 nitrogen and oxygen atoms in total. The third-order valence-corrected chi connectivity index (χ3v) is 3.17. The van der Waals surface area contributed by atoms with Crippen LogP contribution in [0.15, 0.2) is 28.7 Å². The van der Waals surface area contributed by atoms with E-state index in [-0.39, 0.29) is 4.47 Å². The lowest BCUT2D eigenvalue weighted by Gasteiger charge is -2.10. The third-order valence-electron chi connectivity index (χ3n) is 2.71. The molecule has 2 aromatic rings. The maximum atomic E-state index is 13.7. The number of pyridine rings is 1. The molecule has 20 heavy (non-hydrogen) atoms. The molecule has 0 bridgehead atoms. The topological polar surface area (TPSA) is 42.0 Å². The van der Waals surface area contributed by atoms with Gasteiger partial charge in [0.25, 0.3) is 5.91 Å². The minimum Gasteiger partial charge on any atom is -0.320 e. The van der Waals surface area contributed by atoms with Crippen LogP contribution in [-0.2, 0) is 0 Å². The van der Waals surface area contributed by atoms with Crippen LogP contribution < -0.4 is 5.32 Å². The minimum atomic E-state index is -0.924. The zero-order valence-electron chi connectivity index (χ0n) is 10.8. The van der Waals surface area contributed by atoms with Crippen molar-refractivity contribution in [3.8, 4) is 0 Å². The van der Waals surface area contributed by atoms with Gasteiger partial charge in [-0.2, -0.15) is 0 Å². The van der Waals surface area contributed by atoms with Crippen LogP contribution in [0.4, 0.5) is 14.5 Å². The molecule has 0 aliphatic rings. The highest BCUT2D eigenvalue weighted by atomic mass is 79.9. The molecule has 1 N–H and O–H groups in total. The van der Waals surface area contributed by atoms with Gasteiger partial charge in [0, 0.05) is 10.2 Å². The zero-order chi connectivity index (χ0) is 14.9. The quantitative estimate of drug-likeness (QED) is 0.897. The SMILES string of the molecule is Cc1ccc(NC(=O)c2c(F)cc(Br)cc2F)c(C)n1. The summed E-state index contributed by atoms with van der Waals surface area (Å²) in [6.07, 6.45) is 0. The van der Waals surface area contributed by atoms with Gasteiger partial charge in [0.15, 0.2) is 0 Å². The number of nitrogens with one attached hydrogen (secondary N) is 1. The summed E-state index contributed by atoms with van der Waals surface area (Å²) in [6, 6.07) is 5.43. The van der Waals surface area contributed by atoms with Crippen LogP contribution in [-0.4, -0.2) is 10.9 Å².